The fourth-order valence-electron chi connectivity index (χ4n) is 3.27. The number of hydrogen-bond donors (Lipinski definition) is 4. The second-order valence-corrected chi connectivity index (χ2v) is 8.11. The van der Waals surface area contributed by atoms with Crippen LogP contribution >= 0.6 is 15.9 Å². The lowest BCUT2D eigenvalue weighted by Crippen LogP contribution is -2.54. The van der Waals surface area contributed by atoms with E-state index < -0.39 is 18.1 Å². The average Bonchev–Trinajstić information content (AvgIpc) is 2.94. The first kappa shape index (κ1) is 21.8. The first-order valence-electron chi connectivity index (χ1n) is 9.96. The van der Waals surface area contributed by atoms with E-state index >= 15 is 0 Å². The summed E-state index contributed by atoms with van der Waals surface area (Å²) in [6.07, 6.45) is 2.64. The Morgan fingerprint density at radius 3 is 2.53 bits per heavy atom. The molecule has 30 heavy (non-hydrogen) atoms. The first-order valence-corrected chi connectivity index (χ1v) is 10.8. The average molecular weight is 473 g/mol. The standard InChI is InChI=1S/C22H25BrN4O3/c23-16-9-11-17(12-10-16)25-22(30)27-19(14-15-6-2-1-3-7-15)21(29)26-18-8-4-5-13-24-20(18)28/h1-3,6-7,9-12,18-19H,4-5,8,13-14H2,(H,24,28)(H,26,29)(H2,25,27,30). The maximum absolute atomic E-state index is 13.0. The summed E-state index contributed by atoms with van der Waals surface area (Å²) in [6, 6.07) is 14.7. The molecule has 1 heterocycles. The second-order valence-electron chi connectivity index (χ2n) is 7.20. The lowest BCUT2D eigenvalue weighted by atomic mass is 10.0. The highest BCUT2D eigenvalue weighted by Crippen LogP contribution is 2.14. The van der Waals surface area contributed by atoms with Crippen LogP contribution in [0.3, 0.4) is 0 Å². The molecular formula is C22H25BrN4O3. The number of hydrogen-bond acceptors (Lipinski definition) is 3. The molecule has 1 fully saturated rings. The number of halogens is 1. The number of anilines is 1. The summed E-state index contributed by atoms with van der Waals surface area (Å²) in [5.74, 6) is -0.564. The van der Waals surface area contributed by atoms with Crippen LogP contribution in [0.2, 0.25) is 0 Å². The van der Waals surface area contributed by atoms with Crippen LogP contribution in [0.15, 0.2) is 59.1 Å². The van der Waals surface area contributed by atoms with Crippen molar-refractivity contribution >= 4 is 39.5 Å². The van der Waals surface area contributed by atoms with Crippen molar-refractivity contribution in [2.75, 3.05) is 11.9 Å². The SMILES string of the molecule is O=C(Nc1ccc(Br)cc1)NC(Cc1ccccc1)C(=O)NC1CCCCNC1=O. The van der Waals surface area contributed by atoms with E-state index in [1.54, 1.807) is 12.1 Å². The number of carbonyl (C=O) groups is 3. The van der Waals surface area contributed by atoms with Crippen molar-refractivity contribution in [3.8, 4) is 0 Å². The summed E-state index contributed by atoms with van der Waals surface area (Å²) in [4.78, 5) is 37.7. The molecule has 8 heteroatoms. The Morgan fingerprint density at radius 1 is 1.07 bits per heavy atom. The Hall–Kier alpha value is -2.87. The monoisotopic (exact) mass is 472 g/mol. The summed E-state index contributed by atoms with van der Waals surface area (Å²) in [6.45, 7) is 0.618. The quantitative estimate of drug-likeness (QED) is 0.519. The van der Waals surface area contributed by atoms with Crippen LogP contribution in [0.4, 0.5) is 10.5 Å². The highest BCUT2D eigenvalue weighted by Gasteiger charge is 2.27. The largest absolute Gasteiger partial charge is 0.354 e. The summed E-state index contributed by atoms with van der Waals surface area (Å²) in [7, 11) is 0. The van der Waals surface area contributed by atoms with Crippen LogP contribution in [0.1, 0.15) is 24.8 Å². The normalized spacial score (nSPS) is 17.2. The zero-order valence-corrected chi connectivity index (χ0v) is 18.1. The maximum Gasteiger partial charge on any atom is 0.319 e. The van der Waals surface area contributed by atoms with Crippen molar-refractivity contribution in [2.45, 2.75) is 37.8 Å². The van der Waals surface area contributed by atoms with Crippen molar-refractivity contribution in [1.29, 1.82) is 0 Å². The molecule has 4 N–H and O–H groups in total. The minimum Gasteiger partial charge on any atom is -0.354 e. The number of urea groups is 1. The molecule has 4 amide bonds. The van der Waals surface area contributed by atoms with Crippen molar-refractivity contribution in [1.82, 2.24) is 16.0 Å². The van der Waals surface area contributed by atoms with Crippen LogP contribution in [0.5, 0.6) is 0 Å². The van der Waals surface area contributed by atoms with Gasteiger partial charge >= 0.3 is 6.03 Å². The zero-order valence-electron chi connectivity index (χ0n) is 16.5. The van der Waals surface area contributed by atoms with Gasteiger partial charge < -0.3 is 21.3 Å². The van der Waals surface area contributed by atoms with Crippen molar-refractivity contribution < 1.29 is 14.4 Å². The predicted molar refractivity (Wildman–Crippen MR) is 119 cm³/mol. The summed E-state index contributed by atoms with van der Waals surface area (Å²) in [5.41, 5.74) is 1.52. The molecule has 0 aliphatic carbocycles. The molecular weight excluding hydrogens is 448 g/mol. The third-order valence-electron chi connectivity index (χ3n) is 4.86. The lowest BCUT2D eigenvalue weighted by Gasteiger charge is -2.22. The number of carbonyl (C=O) groups excluding carboxylic acids is 3. The molecule has 0 aromatic heterocycles. The predicted octanol–water partition coefficient (Wildman–Crippen LogP) is 2.97. The molecule has 1 aliphatic rings. The van der Waals surface area contributed by atoms with E-state index in [2.05, 4.69) is 37.2 Å². The van der Waals surface area contributed by atoms with Gasteiger partial charge in [-0.05, 0) is 49.1 Å². The van der Waals surface area contributed by atoms with Crippen molar-refractivity contribution in [3.05, 3.63) is 64.6 Å². The van der Waals surface area contributed by atoms with Gasteiger partial charge in [0.15, 0.2) is 0 Å². The second kappa shape index (κ2) is 10.8. The number of benzene rings is 2. The third-order valence-corrected chi connectivity index (χ3v) is 5.39. The van der Waals surface area contributed by atoms with E-state index in [1.807, 2.05) is 42.5 Å². The topological polar surface area (TPSA) is 99.3 Å². The fraction of sp³-hybridized carbons (Fsp3) is 0.318. The molecule has 0 spiro atoms. The fourth-order valence-corrected chi connectivity index (χ4v) is 3.53. The Morgan fingerprint density at radius 2 is 1.80 bits per heavy atom. The molecule has 0 radical (unpaired) electrons. The highest BCUT2D eigenvalue weighted by molar-refractivity contribution is 9.10. The number of rotatable bonds is 6. The molecule has 158 valence electrons. The van der Waals surface area contributed by atoms with E-state index in [9.17, 15) is 14.4 Å². The Bertz CT molecular complexity index is 874. The Kier molecular flexibility index (Phi) is 7.84. The van der Waals surface area contributed by atoms with E-state index in [0.29, 0.717) is 25.1 Å². The van der Waals surface area contributed by atoms with Gasteiger partial charge in [0.05, 0.1) is 0 Å². The van der Waals surface area contributed by atoms with Crippen molar-refractivity contribution in [3.63, 3.8) is 0 Å². The van der Waals surface area contributed by atoms with Crippen LogP contribution in [-0.2, 0) is 16.0 Å². The minimum absolute atomic E-state index is 0.182. The van der Waals surface area contributed by atoms with Gasteiger partial charge in [-0.2, -0.15) is 0 Å². The van der Waals surface area contributed by atoms with Crippen LogP contribution in [0.25, 0.3) is 0 Å². The lowest BCUT2D eigenvalue weighted by molar-refractivity contribution is -0.129. The van der Waals surface area contributed by atoms with Gasteiger partial charge in [0.2, 0.25) is 11.8 Å². The molecule has 0 bridgehead atoms. The van der Waals surface area contributed by atoms with Crippen LogP contribution in [-0.4, -0.2) is 36.5 Å². The molecule has 1 aliphatic heterocycles. The van der Waals surface area contributed by atoms with E-state index in [0.717, 1.165) is 22.9 Å². The van der Waals surface area contributed by atoms with E-state index in [-0.39, 0.29) is 11.8 Å². The third kappa shape index (κ3) is 6.59. The Labute approximate surface area is 184 Å². The molecule has 7 nitrogen and oxygen atoms in total. The molecule has 1 saturated heterocycles. The van der Waals surface area contributed by atoms with Crippen molar-refractivity contribution in [2.24, 2.45) is 0 Å². The highest BCUT2D eigenvalue weighted by atomic mass is 79.9. The van der Waals surface area contributed by atoms with E-state index in [1.165, 1.54) is 0 Å². The smallest absolute Gasteiger partial charge is 0.319 e. The van der Waals surface area contributed by atoms with Gasteiger partial charge in [-0.15, -0.1) is 0 Å². The summed E-state index contributed by atoms with van der Waals surface area (Å²) < 4.78 is 0.900. The van der Waals surface area contributed by atoms with Gasteiger partial charge in [0.25, 0.3) is 0 Å². The zero-order chi connectivity index (χ0) is 21.3. The number of nitrogens with one attached hydrogen (secondary N) is 4. The molecule has 2 aromatic carbocycles. The maximum atomic E-state index is 13.0. The first-order chi connectivity index (χ1) is 14.5. The molecule has 0 saturated carbocycles. The van der Waals surface area contributed by atoms with Crippen LogP contribution < -0.4 is 21.3 Å². The van der Waals surface area contributed by atoms with Gasteiger partial charge in [0, 0.05) is 23.1 Å². The molecule has 3 rings (SSSR count). The summed E-state index contributed by atoms with van der Waals surface area (Å²) in [5, 5.41) is 11.1. The number of amides is 4. The van der Waals surface area contributed by atoms with E-state index in [4.69, 9.17) is 0 Å². The van der Waals surface area contributed by atoms with Gasteiger partial charge in [-0.3, -0.25) is 9.59 Å². The summed E-state index contributed by atoms with van der Waals surface area (Å²) >= 11 is 3.35. The van der Waals surface area contributed by atoms with Crippen LogP contribution in [0, 0.1) is 0 Å². The van der Waals surface area contributed by atoms with Gasteiger partial charge in [-0.1, -0.05) is 46.3 Å². The Balaban J connectivity index is 1.68. The molecule has 2 aromatic rings. The van der Waals surface area contributed by atoms with Gasteiger partial charge in [0.1, 0.15) is 12.1 Å². The molecule has 2 atom stereocenters. The van der Waals surface area contributed by atoms with Gasteiger partial charge in [-0.25, -0.2) is 4.79 Å². The molecule has 2 unspecified atom stereocenters. The minimum atomic E-state index is -0.820.